The highest BCUT2D eigenvalue weighted by Crippen LogP contribution is 2.32. The zero-order valence-electron chi connectivity index (χ0n) is 15.6. The molecule has 1 fully saturated rings. The van der Waals surface area contributed by atoms with Crippen LogP contribution in [0.1, 0.15) is 37.0 Å². The van der Waals surface area contributed by atoms with Gasteiger partial charge in [-0.1, -0.05) is 48.6 Å². The predicted octanol–water partition coefficient (Wildman–Crippen LogP) is 4.99. The van der Waals surface area contributed by atoms with E-state index in [2.05, 4.69) is 5.32 Å². The lowest BCUT2D eigenvalue weighted by atomic mass is 10.1. The van der Waals surface area contributed by atoms with Crippen molar-refractivity contribution in [3.63, 3.8) is 0 Å². The molecule has 0 radical (unpaired) electrons. The number of thioether (sulfide) groups is 1. The van der Waals surface area contributed by atoms with Crippen molar-refractivity contribution in [2.45, 2.75) is 32.6 Å². The first kappa shape index (κ1) is 20.4. The molecule has 1 N–H and O–H groups in total. The molecule has 3 rings (SSSR count). The Balaban J connectivity index is 1.39. The van der Waals surface area contributed by atoms with Gasteiger partial charge in [-0.15, -0.1) is 0 Å². The molecule has 5 nitrogen and oxygen atoms in total. The summed E-state index contributed by atoms with van der Waals surface area (Å²) in [5.74, 6) is 0.574. The number of nitrogens with zero attached hydrogens (tertiary/aromatic N) is 1. The number of hydrogen-bond donors (Lipinski definition) is 1. The Labute approximate surface area is 174 Å². The smallest absolute Gasteiger partial charge is 0.266 e. The number of hydrogen-bond acceptors (Lipinski definition) is 5. The minimum atomic E-state index is -0.0799. The molecule has 0 unspecified atom stereocenters. The van der Waals surface area contributed by atoms with E-state index in [9.17, 15) is 9.59 Å². The maximum Gasteiger partial charge on any atom is 0.266 e. The maximum atomic E-state index is 12.5. The van der Waals surface area contributed by atoms with Crippen molar-refractivity contribution in [1.29, 1.82) is 0 Å². The van der Waals surface area contributed by atoms with Gasteiger partial charge in [-0.2, -0.15) is 0 Å². The van der Waals surface area contributed by atoms with E-state index in [4.69, 9.17) is 16.6 Å². The maximum absolute atomic E-state index is 12.5. The number of anilines is 1. The second-order valence-electron chi connectivity index (χ2n) is 6.52. The lowest BCUT2D eigenvalue weighted by molar-refractivity contribution is -0.122. The number of aryl methyl sites for hydroxylation is 1. The van der Waals surface area contributed by atoms with Crippen LogP contribution in [-0.2, 0) is 9.59 Å². The Hall–Kier alpha value is -2.38. The first-order chi connectivity index (χ1) is 13.5. The third-order valence-corrected chi connectivity index (χ3v) is 5.77. The lowest BCUT2D eigenvalue weighted by Gasteiger charge is -2.14. The van der Waals surface area contributed by atoms with Crippen LogP contribution >= 0.6 is 24.0 Å². The standard InChI is InChI=1S/C21H22N2O3S2/c1-15-8-4-5-10-17(15)22-19(24)11-3-2-6-12-23-20(25)18(28-21(23)27)14-16-9-7-13-26-16/h4-5,7-10,13-14H,2-3,6,11-12H2,1H3,(H,22,24)/b18-14-. The van der Waals surface area contributed by atoms with Crippen LogP contribution in [-0.4, -0.2) is 27.6 Å². The van der Waals surface area contributed by atoms with E-state index in [1.54, 1.807) is 29.4 Å². The summed E-state index contributed by atoms with van der Waals surface area (Å²) in [5, 5.41) is 2.94. The SMILES string of the molecule is Cc1ccccc1NC(=O)CCCCCN1C(=O)/C(=C/c2ccco2)SC1=S. The molecule has 2 amide bonds. The zero-order chi connectivity index (χ0) is 19.9. The monoisotopic (exact) mass is 414 g/mol. The van der Waals surface area contributed by atoms with Crippen molar-refractivity contribution in [3.05, 3.63) is 58.9 Å². The normalized spacial score (nSPS) is 15.5. The van der Waals surface area contributed by atoms with Gasteiger partial charge in [0, 0.05) is 24.7 Å². The van der Waals surface area contributed by atoms with Gasteiger partial charge in [-0.05, 0) is 43.5 Å². The Morgan fingerprint density at radius 1 is 1.21 bits per heavy atom. The number of nitrogens with one attached hydrogen (secondary N) is 1. The van der Waals surface area contributed by atoms with Gasteiger partial charge in [0.15, 0.2) is 0 Å². The summed E-state index contributed by atoms with van der Waals surface area (Å²) in [5.41, 5.74) is 1.90. The van der Waals surface area contributed by atoms with E-state index >= 15 is 0 Å². The molecule has 146 valence electrons. The Morgan fingerprint density at radius 3 is 2.79 bits per heavy atom. The first-order valence-electron chi connectivity index (χ1n) is 9.19. The second-order valence-corrected chi connectivity index (χ2v) is 8.20. The highest BCUT2D eigenvalue weighted by molar-refractivity contribution is 8.26. The van der Waals surface area contributed by atoms with Crippen molar-refractivity contribution in [1.82, 2.24) is 4.90 Å². The number of unbranched alkanes of at least 4 members (excludes halogenated alkanes) is 2. The Morgan fingerprint density at radius 2 is 2.04 bits per heavy atom. The van der Waals surface area contributed by atoms with Crippen LogP contribution in [0.2, 0.25) is 0 Å². The summed E-state index contributed by atoms with van der Waals surface area (Å²) in [4.78, 5) is 26.8. The Bertz CT molecular complexity index is 891. The fourth-order valence-corrected chi connectivity index (χ4v) is 4.14. The summed E-state index contributed by atoms with van der Waals surface area (Å²) < 4.78 is 5.83. The van der Waals surface area contributed by atoms with Gasteiger partial charge in [-0.3, -0.25) is 14.5 Å². The average Bonchev–Trinajstić information content (AvgIpc) is 3.27. The van der Waals surface area contributed by atoms with Crippen molar-refractivity contribution in [2.24, 2.45) is 0 Å². The van der Waals surface area contributed by atoms with E-state index in [1.165, 1.54) is 11.8 Å². The van der Waals surface area contributed by atoms with Gasteiger partial charge in [-0.25, -0.2) is 0 Å². The number of para-hydroxylation sites is 1. The fraction of sp³-hybridized carbons (Fsp3) is 0.286. The summed E-state index contributed by atoms with van der Waals surface area (Å²) in [6.45, 7) is 2.54. The van der Waals surface area contributed by atoms with Crippen molar-refractivity contribution in [3.8, 4) is 0 Å². The van der Waals surface area contributed by atoms with E-state index in [1.807, 2.05) is 31.2 Å². The van der Waals surface area contributed by atoms with E-state index in [0.717, 1.165) is 30.5 Å². The number of benzene rings is 1. The van der Waals surface area contributed by atoms with Crippen molar-refractivity contribution in [2.75, 3.05) is 11.9 Å². The topological polar surface area (TPSA) is 62.6 Å². The molecular formula is C21H22N2O3S2. The quantitative estimate of drug-likeness (QED) is 0.375. The number of thiocarbonyl (C=S) groups is 1. The highest BCUT2D eigenvalue weighted by Gasteiger charge is 2.31. The molecule has 7 heteroatoms. The largest absolute Gasteiger partial charge is 0.465 e. The fourth-order valence-electron chi connectivity index (χ4n) is 2.85. The molecule has 0 saturated carbocycles. The number of carbonyl (C=O) groups excluding carboxylic acids is 2. The van der Waals surface area contributed by atoms with Crippen LogP contribution in [0.3, 0.4) is 0 Å². The van der Waals surface area contributed by atoms with Crippen LogP contribution in [0.15, 0.2) is 52.0 Å². The average molecular weight is 415 g/mol. The van der Waals surface area contributed by atoms with Crippen LogP contribution in [0.4, 0.5) is 5.69 Å². The van der Waals surface area contributed by atoms with Crippen molar-refractivity contribution >= 4 is 51.9 Å². The first-order valence-corrected chi connectivity index (χ1v) is 10.4. The molecule has 0 bridgehead atoms. The van der Waals surface area contributed by atoms with E-state index in [-0.39, 0.29) is 11.8 Å². The van der Waals surface area contributed by atoms with Crippen LogP contribution < -0.4 is 5.32 Å². The second kappa shape index (κ2) is 9.71. The van der Waals surface area contributed by atoms with Gasteiger partial charge in [0.1, 0.15) is 10.1 Å². The minimum Gasteiger partial charge on any atom is -0.465 e. The number of furan rings is 1. The molecule has 2 heterocycles. The van der Waals surface area contributed by atoms with Gasteiger partial charge in [0.2, 0.25) is 5.91 Å². The molecule has 28 heavy (non-hydrogen) atoms. The molecular weight excluding hydrogens is 392 g/mol. The third-order valence-electron chi connectivity index (χ3n) is 4.39. The van der Waals surface area contributed by atoms with Gasteiger partial charge in [0.25, 0.3) is 5.91 Å². The molecule has 1 aliphatic rings. The van der Waals surface area contributed by atoms with Crippen LogP contribution in [0.5, 0.6) is 0 Å². The molecule has 1 aromatic carbocycles. The van der Waals surface area contributed by atoms with Gasteiger partial charge in [0.05, 0.1) is 11.2 Å². The predicted molar refractivity (Wildman–Crippen MR) is 117 cm³/mol. The molecule has 1 aromatic heterocycles. The van der Waals surface area contributed by atoms with Crippen LogP contribution in [0.25, 0.3) is 6.08 Å². The minimum absolute atomic E-state index is 0.0151. The molecule has 2 aromatic rings. The summed E-state index contributed by atoms with van der Waals surface area (Å²) in [7, 11) is 0. The summed E-state index contributed by atoms with van der Waals surface area (Å²) in [6.07, 6.45) is 6.19. The Kier molecular flexibility index (Phi) is 7.06. The highest BCUT2D eigenvalue weighted by atomic mass is 32.2. The summed E-state index contributed by atoms with van der Waals surface area (Å²) >= 11 is 6.62. The van der Waals surface area contributed by atoms with Gasteiger partial charge < -0.3 is 9.73 Å². The lowest BCUT2D eigenvalue weighted by Crippen LogP contribution is -2.29. The van der Waals surface area contributed by atoms with E-state index in [0.29, 0.717) is 28.0 Å². The zero-order valence-corrected chi connectivity index (χ0v) is 17.3. The molecule has 1 saturated heterocycles. The molecule has 0 atom stereocenters. The van der Waals surface area contributed by atoms with E-state index < -0.39 is 0 Å². The third kappa shape index (κ3) is 5.33. The molecule has 0 aliphatic carbocycles. The number of amides is 2. The number of rotatable bonds is 8. The van der Waals surface area contributed by atoms with Crippen molar-refractivity contribution < 1.29 is 14.0 Å². The van der Waals surface area contributed by atoms with Crippen LogP contribution in [0, 0.1) is 6.92 Å². The number of carbonyl (C=O) groups is 2. The molecule has 1 aliphatic heterocycles. The summed E-state index contributed by atoms with van der Waals surface area (Å²) in [6, 6.07) is 11.3. The van der Waals surface area contributed by atoms with Gasteiger partial charge >= 0.3 is 0 Å². The molecule has 0 spiro atoms.